The van der Waals surface area contributed by atoms with Crippen LogP contribution in [0.2, 0.25) is 0 Å². The number of hydrogen-bond donors (Lipinski definition) is 0. The van der Waals surface area contributed by atoms with Crippen LogP contribution in [0.5, 0.6) is 0 Å². The van der Waals surface area contributed by atoms with E-state index in [4.69, 9.17) is 0 Å². The highest BCUT2D eigenvalue weighted by atomic mass is 15.2. The Hall–Kier alpha value is -6.00. The molecule has 2 aliphatic rings. The van der Waals surface area contributed by atoms with Crippen LogP contribution in [0.15, 0.2) is 158 Å². The third-order valence-corrected chi connectivity index (χ3v) is 11.3. The van der Waals surface area contributed by atoms with E-state index in [0.717, 1.165) is 28.4 Å². The van der Waals surface area contributed by atoms with Crippen molar-refractivity contribution in [2.24, 2.45) is 0 Å². The van der Waals surface area contributed by atoms with Crippen molar-refractivity contribution in [2.75, 3.05) is 14.7 Å². The first kappa shape index (κ1) is 33.8. The lowest BCUT2D eigenvalue weighted by molar-refractivity contribution is 0.866. The van der Waals surface area contributed by atoms with Crippen LogP contribution in [0.1, 0.15) is 61.8 Å². The van der Waals surface area contributed by atoms with E-state index in [1.165, 1.54) is 61.4 Å². The minimum Gasteiger partial charge on any atom is -0.311 e. The molecule has 0 saturated carbocycles. The van der Waals surface area contributed by atoms with Crippen molar-refractivity contribution < 1.29 is 0 Å². The predicted molar refractivity (Wildman–Crippen MR) is 233 cm³/mol. The zero-order chi connectivity index (χ0) is 37.1. The molecule has 9 rings (SSSR count). The predicted octanol–water partition coefficient (Wildman–Crippen LogP) is 12.1. The molecule has 7 aromatic rings. The van der Waals surface area contributed by atoms with E-state index >= 15 is 0 Å². The van der Waals surface area contributed by atoms with Crippen molar-refractivity contribution >= 4 is 74.3 Å². The first-order valence-electron chi connectivity index (χ1n) is 19.4. The first-order valence-corrected chi connectivity index (χ1v) is 19.4. The Labute approximate surface area is 321 Å². The molecule has 0 atom stereocenters. The molecule has 0 aliphatic carbocycles. The van der Waals surface area contributed by atoms with Crippen molar-refractivity contribution in [3.63, 3.8) is 0 Å². The smallest absolute Gasteiger partial charge is 0.252 e. The van der Waals surface area contributed by atoms with E-state index < -0.39 is 0 Å². The highest BCUT2D eigenvalue weighted by Crippen LogP contribution is 2.48. The Morgan fingerprint density at radius 1 is 0.426 bits per heavy atom. The normalized spacial score (nSPS) is 12.9. The van der Waals surface area contributed by atoms with Gasteiger partial charge in [-0.2, -0.15) is 0 Å². The lowest BCUT2D eigenvalue weighted by Crippen LogP contribution is -2.61. The number of fused-ring (bicyclic) bond motifs is 4. The van der Waals surface area contributed by atoms with Crippen LogP contribution in [0.4, 0.5) is 51.2 Å². The lowest BCUT2D eigenvalue weighted by atomic mass is 9.33. The van der Waals surface area contributed by atoms with Crippen LogP contribution in [0, 0.1) is 13.8 Å². The van der Waals surface area contributed by atoms with Crippen LogP contribution in [-0.2, 0) is 0 Å². The highest BCUT2D eigenvalue weighted by Gasteiger charge is 2.43. The van der Waals surface area contributed by atoms with Gasteiger partial charge in [0, 0.05) is 45.5 Å². The fraction of sp³-hybridized carbons (Fsp3) is 0.160. The largest absolute Gasteiger partial charge is 0.311 e. The average molecular weight is 700 g/mol. The fourth-order valence-corrected chi connectivity index (χ4v) is 8.42. The van der Waals surface area contributed by atoms with E-state index in [1.54, 1.807) is 0 Å². The summed E-state index contributed by atoms with van der Waals surface area (Å²) in [5.41, 5.74) is 19.7. The molecule has 0 spiro atoms. The number of nitrogens with zero attached hydrogens (tertiary/aromatic N) is 3. The van der Waals surface area contributed by atoms with E-state index in [1.807, 2.05) is 0 Å². The molecule has 264 valence electrons. The molecule has 0 radical (unpaired) electrons. The number of anilines is 9. The molecule has 2 aliphatic heterocycles. The van der Waals surface area contributed by atoms with Crippen LogP contribution in [0.3, 0.4) is 0 Å². The number of para-hydroxylation sites is 2. The topological polar surface area (TPSA) is 9.72 Å². The second-order valence-corrected chi connectivity index (χ2v) is 15.6. The standard InChI is InChI=1S/C50H46BN3/c1-33(2)37-19-27-39(28-20-37)52(40-29-21-38(22-30-40)34(3)4)43-31-48-50-49(32-43)54(42-25-17-36(6)18-26-42)47-14-10-8-12-45(47)51(50)44-11-7-9-13-46(44)53(48)41-23-15-35(5)16-24-41/h7-34H,1-6H3. The molecule has 0 fully saturated rings. The minimum atomic E-state index is 0.0731. The molecule has 0 unspecified atom stereocenters. The van der Waals surface area contributed by atoms with E-state index in [2.05, 4.69) is 214 Å². The van der Waals surface area contributed by atoms with Crippen molar-refractivity contribution in [1.29, 1.82) is 0 Å². The van der Waals surface area contributed by atoms with Crippen molar-refractivity contribution in [3.05, 3.63) is 180 Å². The summed E-state index contributed by atoms with van der Waals surface area (Å²) in [5.74, 6) is 0.906. The van der Waals surface area contributed by atoms with Crippen LogP contribution < -0.4 is 31.1 Å². The second-order valence-electron chi connectivity index (χ2n) is 15.6. The number of hydrogen-bond acceptors (Lipinski definition) is 3. The molecular formula is C50H46BN3. The summed E-state index contributed by atoms with van der Waals surface area (Å²) < 4.78 is 0. The van der Waals surface area contributed by atoms with Gasteiger partial charge in [0.25, 0.3) is 6.71 Å². The summed E-state index contributed by atoms with van der Waals surface area (Å²) in [4.78, 5) is 7.44. The summed E-state index contributed by atoms with van der Waals surface area (Å²) in [6.45, 7) is 13.4. The van der Waals surface area contributed by atoms with Gasteiger partial charge in [-0.1, -0.05) is 124 Å². The van der Waals surface area contributed by atoms with Gasteiger partial charge in [0.05, 0.1) is 5.69 Å². The Bertz CT molecular complexity index is 2290. The van der Waals surface area contributed by atoms with Gasteiger partial charge in [-0.05, 0) is 126 Å². The SMILES string of the molecule is Cc1ccc(N2c3ccccc3B3c4ccccc4N(c4ccc(C)cc4)c4cc(N(c5ccc(C(C)C)cc5)c5ccc(C(C)C)cc5)cc2c43)cc1. The zero-order valence-electron chi connectivity index (χ0n) is 32.1. The first-order chi connectivity index (χ1) is 26.3. The molecule has 3 nitrogen and oxygen atoms in total. The van der Waals surface area contributed by atoms with Crippen molar-refractivity contribution in [3.8, 4) is 0 Å². The molecule has 0 bridgehead atoms. The van der Waals surface area contributed by atoms with E-state index in [9.17, 15) is 0 Å². The van der Waals surface area contributed by atoms with Crippen LogP contribution in [-0.4, -0.2) is 6.71 Å². The van der Waals surface area contributed by atoms with E-state index in [0.29, 0.717) is 11.8 Å². The molecule has 2 heterocycles. The van der Waals surface area contributed by atoms with Crippen molar-refractivity contribution in [1.82, 2.24) is 0 Å². The second kappa shape index (κ2) is 13.4. The molecule has 54 heavy (non-hydrogen) atoms. The maximum absolute atomic E-state index is 2.50. The van der Waals surface area contributed by atoms with Gasteiger partial charge in [0.2, 0.25) is 0 Å². The number of aryl methyl sites for hydroxylation is 2. The van der Waals surface area contributed by atoms with Crippen LogP contribution in [0.25, 0.3) is 0 Å². The maximum atomic E-state index is 2.50. The lowest BCUT2D eigenvalue weighted by Gasteiger charge is -2.45. The molecule has 4 heteroatoms. The highest BCUT2D eigenvalue weighted by molar-refractivity contribution is 7.00. The summed E-state index contributed by atoms with van der Waals surface area (Å²) in [6.07, 6.45) is 0. The van der Waals surface area contributed by atoms with Crippen LogP contribution >= 0.6 is 0 Å². The number of rotatable bonds is 7. The Morgan fingerprint density at radius 2 is 0.815 bits per heavy atom. The minimum absolute atomic E-state index is 0.0731. The Morgan fingerprint density at radius 3 is 1.20 bits per heavy atom. The third-order valence-electron chi connectivity index (χ3n) is 11.3. The molecule has 0 saturated heterocycles. The van der Waals surface area contributed by atoms with E-state index in [-0.39, 0.29) is 6.71 Å². The van der Waals surface area contributed by atoms with Gasteiger partial charge < -0.3 is 14.7 Å². The zero-order valence-corrected chi connectivity index (χ0v) is 32.1. The Kier molecular flexibility index (Phi) is 8.42. The molecule has 0 N–H and O–H groups in total. The Balaban J connectivity index is 1.37. The molecule has 7 aromatic carbocycles. The fourth-order valence-electron chi connectivity index (χ4n) is 8.42. The summed E-state index contributed by atoms with van der Waals surface area (Å²) in [7, 11) is 0. The third kappa shape index (κ3) is 5.69. The van der Waals surface area contributed by atoms with Gasteiger partial charge in [0.15, 0.2) is 0 Å². The quantitative estimate of drug-likeness (QED) is 0.153. The van der Waals surface area contributed by atoms with Gasteiger partial charge in [-0.15, -0.1) is 0 Å². The summed E-state index contributed by atoms with van der Waals surface area (Å²) in [6, 6.07) is 59.2. The van der Waals surface area contributed by atoms with Crippen molar-refractivity contribution in [2.45, 2.75) is 53.4 Å². The monoisotopic (exact) mass is 699 g/mol. The average Bonchev–Trinajstić information content (AvgIpc) is 3.19. The number of benzene rings is 7. The van der Waals surface area contributed by atoms with Gasteiger partial charge in [-0.3, -0.25) is 0 Å². The maximum Gasteiger partial charge on any atom is 0.252 e. The molecule has 0 amide bonds. The van der Waals surface area contributed by atoms with Gasteiger partial charge in [-0.25, -0.2) is 0 Å². The van der Waals surface area contributed by atoms with Gasteiger partial charge >= 0.3 is 0 Å². The summed E-state index contributed by atoms with van der Waals surface area (Å²) >= 11 is 0. The molecule has 0 aromatic heterocycles. The van der Waals surface area contributed by atoms with Gasteiger partial charge in [0.1, 0.15) is 0 Å². The molecular weight excluding hydrogens is 653 g/mol. The summed E-state index contributed by atoms with van der Waals surface area (Å²) in [5, 5.41) is 0.